The van der Waals surface area contributed by atoms with Crippen molar-refractivity contribution in [1.82, 2.24) is 4.98 Å². The molecule has 0 aromatic carbocycles. The Morgan fingerprint density at radius 2 is 2.38 bits per heavy atom. The SMILES string of the molecule is Nc1cc(CC(N)C(=O)O)ccn1. The molecule has 5 nitrogen and oxygen atoms in total. The van der Waals surface area contributed by atoms with Gasteiger partial charge < -0.3 is 16.6 Å². The van der Waals surface area contributed by atoms with Crippen LogP contribution in [0, 0.1) is 0 Å². The van der Waals surface area contributed by atoms with E-state index in [1.54, 1.807) is 12.1 Å². The average Bonchev–Trinajstić information content (AvgIpc) is 2.04. The summed E-state index contributed by atoms with van der Waals surface area (Å²) in [4.78, 5) is 14.2. The van der Waals surface area contributed by atoms with Crippen molar-refractivity contribution < 1.29 is 9.90 Å². The zero-order chi connectivity index (χ0) is 9.84. The summed E-state index contributed by atoms with van der Waals surface area (Å²) >= 11 is 0. The average molecular weight is 181 g/mol. The van der Waals surface area contributed by atoms with Gasteiger partial charge in [0.25, 0.3) is 0 Å². The number of nitrogens with two attached hydrogens (primary N) is 2. The topological polar surface area (TPSA) is 102 Å². The molecule has 1 atom stereocenters. The van der Waals surface area contributed by atoms with Gasteiger partial charge in [-0.1, -0.05) is 0 Å². The van der Waals surface area contributed by atoms with Gasteiger partial charge in [0.2, 0.25) is 0 Å². The molecule has 1 aromatic heterocycles. The quantitative estimate of drug-likeness (QED) is 0.589. The van der Waals surface area contributed by atoms with Crippen LogP contribution in [-0.4, -0.2) is 22.1 Å². The van der Waals surface area contributed by atoms with E-state index < -0.39 is 12.0 Å². The molecule has 1 aromatic rings. The monoisotopic (exact) mass is 181 g/mol. The number of carbonyl (C=O) groups is 1. The molecule has 70 valence electrons. The van der Waals surface area contributed by atoms with Gasteiger partial charge in [0.05, 0.1) is 0 Å². The zero-order valence-electron chi connectivity index (χ0n) is 6.97. The highest BCUT2D eigenvalue weighted by Gasteiger charge is 2.11. The van der Waals surface area contributed by atoms with Crippen LogP contribution in [0.4, 0.5) is 5.82 Å². The number of nitrogen functional groups attached to an aromatic ring is 1. The van der Waals surface area contributed by atoms with E-state index in [1.807, 2.05) is 0 Å². The first-order chi connectivity index (χ1) is 6.09. The largest absolute Gasteiger partial charge is 0.480 e. The van der Waals surface area contributed by atoms with Gasteiger partial charge in [0.15, 0.2) is 0 Å². The Balaban J connectivity index is 2.69. The maximum atomic E-state index is 10.4. The van der Waals surface area contributed by atoms with Crippen LogP contribution in [0.3, 0.4) is 0 Å². The number of hydrogen-bond donors (Lipinski definition) is 3. The third kappa shape index (κ3) is 2.72. The Morgan fingerprint density at radius 1 is 1.69 bits per heavy atom. The van der Waals surface area contributed by atoms with Crippen molar-refractivity contribution in [3.63, 3.8) is 0 Å². The van der Waals surface area contributed by atoms with Gasteiger partial charge in [0, 0.05) is 6.20 Å². The highest BCUT2D eigenvalue weighted by Crippen LogP contribution is 2.05. The Labute approximate surface area is 75.4 Å². The van der Waals surface area contributed by atoms with E-state index in [-0.39, 0.29) is 6.42 Å². The molecule has 0 radical (unpaired) electrons. The molecule has 1 unspecified atom stereocenters. The first-order valence-electron chi connectivity index (χ1n) is 3.78. The molecule has 0 bridgehead atoms. The normalized spacial score (nSPS) is 12.4. The molecule has 5 N–H and O–H groups in total. The highest BCUT2D eigenvalue weighted by molar-refractivity contribution is 5.73. The lowest BCUT2D eigenvalue weighted by molar-refractivity contribution is -0.138. The van der Waals surface area contributed by atoms with Gasteiger partial charge in [-0.25, -0.2) is 4.98 Å². The fourth-order valence-electron chi connectivity index (χ4n) is 0.963. The molecule has 1 rings (SSSR count). The van der Waals surface area contributed by atoms with Crippen molar-refractivity contribution >= 4 is 11.8 Å². The van der Waals surface area contributed by atoms with E-state index in [0.29, 0.717) is 5.82 Å². The molecule has 0 spiro atoms. The second kappa shape index (κ2) is 3.86. The Hall–Kier alpha value is -1.62. The third-order valence-corrected chi connectivity index (χ3v) is 1.62. The van der Waals surface area contributed by atoms with E-state index in [1.165, 1.54) is 6.20 Å². The van der Waals surface area contributed by atoms with Crippen molar-refractivity contribution in [2.75, 3.05) is 5.73 Å². The Kier molecular flexibility index (Phi) is 2.81. The lowest BCUT2D eigenvalue weighted by Crippen LogP contribution is -2.32. The van der Waals surface area contributed by atoms with Crippen LogP contribution in [-0.2, 0) is 11.2 Å². The molecule has 0 aliphatic carbocycles. The van der Waals surface area contributed by atoms with E-state index in [4.69, 9.17) is 16.6 Å². The first kappa shape index (κ1) is 9.47. The summed E-state index contributed by atoms with van der Waals surface area (Å²) < 4.78 is 0. The van der Waals surface area contributed by atoms with Gasteiger partial charge >= 0.3 is 5.97 Å². The minimum Gasteiger partial charge on any atom is -0.480 e. The molecule has 0 saturated carbocycles. The zero-order valence-corrected chi connectivity index (χ0v) is 6.97. The lowest BCUT2D eigenvalue weighted by atomic mass is 10.1. The summed E-state index contributed by atoms with van der Waals surface area (Å²) in [6.07, 6.45) is 1.79. The number of carboxylic acid groups (broad SMARTS) is 1. The maximum Gasteiger partial charge on any atom is 0.320 e. The van der Waals surface area contributed by atoms with E-state index in [9.17, 15) is 4.79 Å². The molecule has 1 heterocycles. The maximum absolute atomic E-state index is 10.4. The molecule has 0 aliphatic heterocycles. The fraction of sp³-hybridized carbons (Fsp3) is 0.250. The van der Waals surface area contributed by atoms with Gasteiger partial charge in [-0.15, -0.1) is 0 Å². The van der Waals surface area contributed by atoms with E-state index in [0.717, 1.165) is 5.56 Å². The van der Waals surface area contributed by atoms with Crippen molar-refractivity contribution in [1.29, 1.82) is 0 Å². The van der Waals surface area contributed by atoms with Crippen LogP contribution in [0.15, 0.2) is 18.3 Å². The van der Waals surface area contributed by atoms with Crippen molar-refractivity contribution in [2.45, 2.75) is 12.5 Å². The summed E-state index contributed by atoms with van der Waals surface area (Å²) in [6.45, 7) is 0. The van der Waals surface area contributed by atoms with Gasteiger partial charge in [-0.3, -0.25) is 4.79 Å². The van der Waals surface area contributed by atoms with Crippen molar-refractivity contribution in [3.05, 3.63) is 23.9 Å². The Morgan fingerprint density at radius 3 is 2.92 bits per heavy atom. The second-order valence-corrected chi connectivity index (χ2v) is 2.74. The molecular weight excluding hydrogens is 170 g/mol. The summed E-state index contributed by atoms with van der Waals surface area (Å²) in [7, 11) is 0. The highest BCUT2D eigenvalue weighted by atomic mass is 16.4. The van der Waals surface area contributed by atoms with Crippen LogP contribution < -0.4 is 11.5 Å². The number of nitrogens with zero attached hydrogens (tertiary/aromatic N) is 1. The number of pyridine rings is 1. The third-order valence-electron chi connectivity index (χ3n) is 1.62. The van der Waals surface area contributed by atoms with Crippen LogP contribution >= 0.6 is 0 Å². The molecule has 5 heteroatoms. The molecule has 13 heavy (non-hydrogen) atoms. The summed E-state index contributed by atoms with van der Waals surface area (Å²) in [6, 6.07) is 2.42. The second-order valence-electron chi connectivity index (χ2n) is 2.74. The predicted octanol–water partition coefficient (Wildman–Crippen LogP) is -0.382. The van der Waals surface area contributed by atoms with Crippen LogP contribution in [0.2, 0.25) is 0 Å². The van der Waals surface area contributed by atoms with E-state index >= 15 is 0 Å². The van der Waals surface area contributed by atoms with Crippen LogP contribution in [0.5, 0.6) is 0 Å². The number of aliphatic carboxylic acids is 1. The molecular formula is C8H11N3O2. The van der Waals surface area contributed by atoms with E-state index in [2.05, 4.69) is 4.98 Å². The first-order valence-corrected chi connectivity index (χ1v) is 3.78. The van der Waals surface area contributed by atoms with Gasteiger partial charge in [0.1, 0.15) is 11.9 Å². The predicted molar refractivity (Wildman–Crippen MR) is 48.0 cm³/mol. The minimum absolute atomic E-state index is 0.266. The molecule has 0 amide bonds. The standard InChI is InChI=1S/C8H11N3O2/c9-6(8(12)13)3-5-1-2-11-7(10)4-5/h1-2,4,6H,3,9H2,(H2,10,11)(H,12,13). The fourth-order valence-corrected chi connectivity index (χ4v) is 0.963. The minimum atomic E-state index is -1.02. The number of aromatic nitrogens is 1. The number of anilines is 1. The van der Waals surface area contributed by atoms with Crippen molar-refractivity contribution in [2.24, 2.45) is 5.73 Å². The molecule has 0 fully saturated rings. The number of hydrogen-bond acceptors (Lipinski definition) is 4. The molecule has 0 aliphatic rings. The van der Waals surface area contributed by atoms with Crippen LogP contribution in [0.25, 0.3) is 0 Å². The number of carboxylic acids is 1. The lowest BCUT2D eigenvalue weighted by Gasteiger charge is -2.05. The van der Waals surface area contributed by atoms with Crippen molar-refractivity contribution in [3.8, 4) is 0 Å². The molecule has 0 saturated heterocycles. The smallest absolute Gasteiger partial charge is 0.320 e. The number of rotatable bonds is 3. The van der Waals surface area contributed by atoms with Gasteiger partial charge in [-0.2, -0.15) is 0 Å². The van der Waals surface area contributed by atoms with Gasteiger partial charge in [-0.05, 0) is 24.1 Å². The summed E-state index contributed by atoms with van der Waals surface area (Å²) in [5.41, 5.74) is 11.5. The summed E-state index contributed by atoms with van der Waals surface area (Å²) in [5.74, 6) is -0.648. The van der Waals surface area contributed by atoms with Crippen LogP contribution in [0.1, 0.15) is 5.56 Å². The Bertz CT molecular complexity index is 314. The summed E-state index contributed by atoms with van der Waals surface area (Å²) in [5, 5.41) is 8.54.